The number of nitro groups is 1. The molecule has 0 bridgehead atoms. The summed E-state index contributed by atoms with van der Waals surface area (Å²) in [5.41, 5.74) is 1.99. The maximum absolute atomic E-state index is 11.0. The first-order valence-corrected chi connectivity index (χ1v) is 7.23. The third-order valence-corrected chi connectivity index (χ3v) is 3.60. The zero-order valence-corrected chi connectivity index (χ0v) is 11.9. The molecule has 0 aliphatic heterocycles. The van der Waals surface area contributed by atoms with Crippen LogP contribution in [0.5, 0.6) is 5.75 Å². The Balaban J connectivity index is 2.10. The number of nitro benzene ring substituents is 1. The highest BCUT2D eigenvalue weighted by Gasteiger charge is 2.18. The molecule has 2 aromatic carbocycles. The van der Waals surface area contributed by atoms with Gasteiger partial charge < -0.3 is 4.18 Å². The van der Waals surface area contributed by atoms with Gasteiger partial charge in [-0.2, -0.15) is 0 Å². The van der Waals surface area contributed by atoms with Crippen molar-refractivity contribution in [2.45, 2.75) is 19.1 Å². The van der Waals surface area contributed by atoms with Gasteiger partial charge in [0.05, 0.1) is 22.7 Å². The molecule has 2 aromatic rings. The maximum atomic E-state index is 11.0. The molecule has 0 N–H and O–H groups in total. The predicted molar refractivity (Wildman–Crippen MR) is 80.8 cm³/mol. The minimum absolute atomic E-state index is 0.0184. The van der Waals surface area contributed by atoms with Gasteiger partial charge in [-0.05, 0) is 12.0 Å². The van der Waals surface area contributed by atoms with Crippen LogP contribution >= 0.6 is 12.0 Å². The third-order valence-electron chi connectivity index (χ3n) is 2.86. The van der Waals surface area contributed by atoms with E-state index in [0.717, 1.165) is 11.1 Å². The van der Waals surface area contributed by atoms with E-state index in [-0.39, 0.29) is 5.69 Å². The van der Waals surface area contributed by atoms with Gasteiger partial charge in [0.15, 0.2) is 0 Å². The number of aryl methyl sites for hydroxylation is 1. The Kier molecular flexibility index (Phi) is 5.01. The average molecular weight is 289 g/mol. The summed E-state index contributed by atoms with van der Waals surface area (Å²) in [5, 5.41) is 11.0. The highest BCUT2D eigenvalue weighted by atomic mass is 32.2. The van der Waals surface area contributed by atoms with Gasteiger partial charge in [-0.15, -0.1) is 0 Å². The lowest BCUT2D eigenvalue weighted by Crippen LogP contribution is -1.97. The van der Waals surface area contributed by atoms with E-state index in [9.17, 15) is 10.1 Å². The Hall–Kier alpha value is -2.01. The first-order chi connectivity index (χ1) is 9.72. The van der Waals surface area contributed by atoms with Gasteiger partial charge in [0.1, 0.15) is 0 Å². The molecular formula is C15H15NO3S. The molecule has 5 heteroatoms. The Morgan fingerprint density at radius 1 is 1.15 bits per heavy atom. The minimum atomic E-state index is -0.405. The van der Waals surface area contributed by atoms with Crippen molar-refractivity contribution in [3.63, 3.8) is 0 Å². The van der Waals surface area contributed by atoms with Crippen molar-refractivity contribution in [3.05, 3.63) is 69.8 Å². The number of para-hydroxylation sites is 1. The van der Waals surface area contributed by atoms with Crippen molar-refractivity contribution < 1.29 is 9.11 Å². The van der Waals surface area contributed by atoms with E-state index in [1.165, 1.54) is 18.1 Å². The maximum Gasteiger partial charge on any atom is 0.312 e. The van der Waals surface area contributed by atoms with E-state index < -0.39 is 4.92 Å². The van der Waals surface area contributed by atoms with Crippen LogP contribution in [0.15, 0.2) is 48.5 Å². The second-order valence-electron chi connectivity index (χ2n) is 4.21. The molecule has 0 aliphatic carbocycles. The SMILES string of the molecule is CCc1cccc([N+](=O)[O-])c1OSCc1ccccc1. The number of hydrogen-bond acceptors (Lipinski definition) is 4. The molecule has 0 saturated carbocycles. The van der Waals surface area contributed by atoms with Crippen molar-refractivity contribution >= 4 is 17.7 Å². The molecule has 0 aliphatic rings. The van der Waals surface area contributed by atoms with Crippen LogP contribution in [0.25, 0.3) is 0 Å². The van der Waals surface area contributed by atoms with Crippen molar-refractivity contribution in [1.82, 2.24) is 0 Å². The standard InChI is InChI=1S/C15H15NO3S/c1-2-13-9-6-10-14(16(17)18)15(13)19-20-11-12-7-4-3-5-8-12/h3-10H,2,11H2,1H3. The summed E-state index contributed by atoms with van der Waals surface area (Å²) >= 11 is 1.22. The van der Waals surface area contributed by atoms with Crippen LogP contribution in [0.2, 0.25) is 0 Å². The molecule has 0 fully saturated rings. The van der Waals surface area contributed by atoms with Crippen molar-refractivity contribution in [3.8, 4) is 5.75 Å². The summed E-state index contributed by atoms with van der Waals surface area (Å²) in [6, 6.07) is 14.9. The zero-order chi connectivity index (χ0) is 14.4. The highest BCUT2D eigenvalue weighted by Crippen LogP contribution is 2.34. The highest BCUT2D eigenvalue weighted by molar-refractivity contribution is 7.94. The predicted octanol–water partition coefficient (Wildman–Crippen LogP) is 4.38. The van der Waals surface area contributed by atoms with Crippen LogP contribution in [0.1, 0.15) is 18.1 Å². The normalized spacial score (nSPS) is 10.2. The molecule has 0 heterocycles. The van der Waals surface area contributed by atoms with Crippen molar-refractivity contribution in [2.75, 3.05) is 0 Å². The average Bonchev–Trinajstić information content (AvgIpc) is 2.48. The number of nitrogens with zero attached hydrogens (tertiary/aromatic N) is 1. The Bertz CT molecular complexity index is 587. The number of benzene rings is 2. The van der Waals surface area contributed by atoms with Crippen LogP contribution in [-0.4, -0.2) is 4.92 Å². The van der Waals surface area contributed by atoms with Gasteiger partial charge >= 0.3 is 5.69 Å². The third kappa shape index (κ3) is 3.51. The van der Waals surface area contributed by atoms with Crippen LogP contribution in [0.3, 0.4) is 0 Å². The molecule has 0 saturated heterocycles. The van der Waals surface area contributed by atoms with Crippen LogP contribution in [0.4, 0.5) is 5.69 Å². The van der Waals surface area contributed by atoms with Gasteiger partial charge in [0, 0.05) is 11.6 Å². The lowest BCUT2D eigenvalue weighted by Gasteiger charge is -2.09. The topological polar surface area (TPSA) is 52.4 Å². The monoisotopic (exact) mass is 289 g/mol. The molecular weight excluding hydrogens is 274 g/mol. The van der Waals surface area contributed by atoms with E-state index in [1.807, 2.05) is 43.3 Å². The molecule has 0 spiro atoms. The molecule has 0 amide bonds. The number of hydrogen-bond donors (Lipinski definition) is 0. The molecule has 20 heavy (non-hydrogen) atoms. The molecule has 2 rings (SSSR count). The summed E-state index contributed by atoms with van der Waals surface area (Å²) in [4.78, 5) is 10.6. The minimum Gasteiger partial charge on any atom is -0.418 e. The second kappa shape index (κ2) is 6.96. The second-order valence-corrected chi connectivity index (χ2v) is 4.90. The largest absolute Gasteiger partial charge is 0.418 e. The van der Waals surface area contributed by atoms with E-state index in [4.69, 9.17) is 4.18 Å². The fourth-order valence-corrected chi connectivity index (χ4v) is 2.52. The van der Waals surface area contributed by atoms with Crippen LogP contribution in [-0.2, 0) is 12.2 Å². The zero-order valence-electron chi connectivity index (χ0n) is 11.1. The molecule has 4 nitrogen and oxygen atoms in total. The van der Waals surface area contributed by atoms with Gasteiger partial charge in [-0.25, -0.2) is 0 Å². The van der Waals surface area contributed by atoms with Gasteiger partial charge in [-0.1, -0.05) is 49.4 Å². The lowest BCUT2D eigenvalue weighted by atomic mass is 10.1. The Morgan fingerprint density at radius 2 is 1.90 bits per heavy atom. The van der Waals surface area contributed by atoms with E-state index in [2.05, 4.69) is 0 Å². The lowest BCUT2D eigenvalue weighted by molar-refractivity contribution is -0.385. The summed E-state index contributed by atoms with van der Waals surface area (Å²) in [7, 11) is 0. The van der Waals surface area contributed by atoms with Crippen molar-refractivity contribution in [2.24, 2.45) is 0 Å². The molecule has 0 aromatic heterocycles. The van der Waals surface area contributed by atoms with Crippen LogP contribution in [0, 0.1) is 10.1 Å². The number of rotatable bonds is 6. The van der Waals surface area contributed by atoms with Gasteiger partial charge in [-0.3, -0.25) is 10.1 Å². The van der Waals surface area contributed by atoms with E-state index in [1.54, 1.807) is 6.07 Å². The molecule has 0 radical (unpaired) electrons. The Morgan fingerprint density at radius 3 is 2.55 bits per heavy atom. The first-order valence-electron chi connectivity index (χ1n) is 6.32. The Labute approximate surface area is 122 Å². The molecule has 0 atom stereocenters. The van der Waals surface area contributed by atoms with Crippen molar-refractivity contribution in [1.29, 1.82) is 0 Å². The van der Waals surface area contributed by atoms with Crippen LogP contribution < -0.4 is 4.18 Å². The van der Waals surface area contributed by atoms with Gasteiger partial charge in [0.25, 0.3) is 0 Å². The summed E-state index contributed by atoms with van der Waals surface area (Å²) < 4.78 is 5.60. The molecule has 0 unspecified atom stereocenters. The fraction of sp³-hybridized carbons (Fsp3) is 0.200. The fourth-order valence-electron chi connectivity index (χ4n) is 1.82. The molecule has 104 valence electrons. The summed E-state index contributed by atoms with van der Waals surface area (Å²) in [6.45, 7) is 1.95. The first kappa shape index (κ1) is 14.4. The summed E-state index contributed by atoms with van der Waals surface area (Å²) in [5.74, 6) is 1.01. The van der Waals surface area contributed by atoms with Gasteiger partial charge in [0.2, 0.25) is 5.75 Å². The van der Waals surface area contributed by atoms with E-state index in [0.29, 0.717) is 17.9 Å². The quantitative estimate of drug-likeness (QED) is 0.450. The van der Waals surface area contributed by atoms with E-state index >= 15 is 0 Å². The smallest absolute Gasteiger partial charge is 0.312 e. The summed E-state index contributed by atoms with van der Waals surface area (Å²) in [6.07, 6.45) is 0.697.